The largest absolute Gasteiger partial charge is 0.462 e. The Balaban J connectivity index is 4.21. The predicted octanol–water partition coefficient (Wildman–Crippen LogP) is 18.2. The number of unbranched alkanes of at least 4 members (excludes halogenated alkanes) is 38. The van der Waals surface area contributed by atoms with Crippen molar-refractivity contribution in [1.82, 2.24) is 0 Å². The molecule has 0 radical (unpaired) electrons. The Bertz CT molecular complexity index is 933. The lowest BCUT2D eigenvalue weighted by atomic mass is 10.0. The Morgan fingerprint density at radius 1 is 0.306 bits per heavy atom. The third-order valence-electron chi connectivity index (χ3n) is 12.8. The molecule has 6 heteroatoms. The molecule has 6 nitrogen and oxygen atoms in total. The first kappa shape index (κ1) is 60.4. The minimum absolute atomic E-state index is 0.0622. The lowest BCUT2D eigenvalue weighted by molar-refractivity contribution is -0.167. The summed E-state index contributed by atoms with van der Waals surface area (Å²) >= 11 is 0. The van der Waals surface area contributed by atoms with Crippen LogP contribution in [0.15, 0.2) is 0 Å². The molecule has 62 heavy (non-hydrogen) atoms. The van der Waals surface area contributed by atoms with Crippen LogP contribution in [-0.2, 0) is 28.6 Å². The fraction of sp³-hybridized carbons (Fsp3) is 0.946. The molecule has 0 bridgehead atoms. The summed E-state index contributed by atoms with van der Waals surface area (Å²) in [4.78, 5) is 38.0. The number of rotatable bonds is 51. The van der Waals surface area contributed by atoms with Crippen molar-refractivity contribution in [3.63, 3.8) is 0 Å². The molecule has 368 valence electrons. The summed E-state index contributed by atoms with van der Waals surface area (Å²) in [6.07, 6.45) is 53.8. The van der Waals surface area contributed by atoms with E-state index in [1.54, 1.807) is 0 Å². The SMILES string of the molecule is CCCCCCCCCCCCCCCCCC(=O)OC[C@@H](COC(=O)CCCCCCCCCCCCCCCCCCC(C)C)OC(=O)CCCCCCCCCCCC. The van der Waals surface area contributed by atoms with Gasteiger partial charge in [0.15, 0.2) is 6.10 Å². The topological polar surface area (TPSA) is 78.9 Å². The van der Waals surface area contributed by atoms with E-state index in [0.29, 0.717) is 19.3 Å². The molecule has 0 N–H and O–H groups in total. The van der Waals surface area contributed by atoms with E-state index in [2.05, 4.69) is 27.7 Å². The molecule has 0 unspecified atom stereocenters. The van der Waals surface area contributed by atoms with Gasteiger partial charge in [-0.3, -0.25) is 14.4 Å². The molecule has 0 spiro atoms. The first-order chi connectivity index (χ1) is 30.4. The number of carbonyl (C=O) groups is 3. The van der Waals surface area contributed by atoms with E-state index < -0.39 is 6.10 Å². The monoisotopic (exact) mass is 877 g/mol. The van der Waals surface area contributed by atoms with E-state index in [1.165, 1.54) is 212 Å². The predicted molar refractivity (Wildman–Crippen MR) is 266 cm³/mol. The van der Waals surface area contributed by atoms with Gasteiger partial charge in [-0.25, -0.2) is 0 Å². The smallest absolute Gasteiger partial charge is 0.306 e. The summed E-state index contributed by atoms with van der Waals surface area (Å²) in [5.41, 5.74) is 0. The minimum Gasteiger partial charge on any atom is -0.462 e. The van der Waals surface area contributed by atoms with Crippen LogP contribution < -0.4 is 0 Å². The zero-order valence-electron chi connectivity index (χ0n) is 42.3. The van der Waals surface area contributed by atoms with Crippen molar-refractivity contribution < 1.29 is 28.6 Å². The van der Waals surface area contributed by atoms with Gasteiger partial charge in [0, 0.05) is 19.3 Å². The van der Waals surface area contributed by atoms with E-state index >= 15 is 0 Å². The summed E-state index contributed by atoms with van der Waals surface area (Å²) in [6, 6.07) is 0. The molecule has 0 aliphatic carbocycles. The first-order valence-corrected chi connectivity index (χ1v) is 27.9. The maximum absolute atomic E-state index is 12.8. The van der Waals surface area contributed by atoms with Crippen molar-refractivity contribution in [3.05, 3.63) is 0 Å². The molecule has 0 aliphatic rings. The highest BCUT2D eigenvalue weighted by Crippen LogP contribution is 2.18. The van der Waals surface area contributed by atoms with E-state index in [9.17, 15) is 14.4 Å². The van der Waals surface area contributed by atoms with Gasteiger partial charge >= 0.3 is 17.9 Å². The maximum atomic E-state index is 12.8. The van der Waals surface area contributed by atoms with E-state index in [1.807, 2.05) is 0 Å². The number of carbonyl (C=O) groups excluding carboxylic acids is 3. The molecule has 1 atom stereocenters. The van der Waals surface area contributed by atoms with Crippen molar-refractivity contribution in [2.45, 2.75) is 323 Å². The summed E-state index contributed by atoms with van der Waals surface area (Å²) in [5.74, 6) is 0.0130. The van der Waals surface area contributed by atoms with Crippen molar-refractivity contribution in [3.8, 4) is 0 Å². The van der Waals surface area contributed by atoms with Crippen LogP contribution in [0, 0.1) is 5.92 Å². The van der Waals surface area contributed by atoms with Gasteiger partial charge in [-0.1, -0.05) is 278 Å². The Morgan fingerprint density at radius 3 is 0.790 bits per heavy atom. The van der Waals surface area contributed by atoms with Crippen LogP contribution in [0.3, 0.4) is 0 Å². The van der Waals surface area contributed by atoms with Crippen LogP contribution in [0.2, 0.25) is 0 Å². The van der Waals surface area contributed by atoms with Crippen molar-refractivity contribution >= 4 is 17.9 Å². The molecule has 0 amide bonds. The van der Waals surface area contributed by atoms with Gasteiger partial charge in [0.2, 0.25) is 0 Å². The highest BCUT2D eigenvalue weighted by Gasteiger charge is 2.19. The van der Waals surface area contributed by atoms with E-state index in [4.69, 9.17) is 14.2 Å². The van der Waals surface area contributed by atoms with Crippen LogP contribution in [0.4, 0.5) is 0 Å². The average molecular weight is 877 g/mol. The molecule has 0 aromatic carbocycles. The van der Waals surface area contributed by atoms with Gasteiger partial charge in [-0.05, 0) is 25.2 Å². The minimum atomic E-state index is -0.760. The van der Waals surface area contributed by atoms with Crippen molar-refractivity contribution in [2.75, 3.05) is 13.2 Å². The van der Waals surface area contributed by atoms with Crippen molar-refractivity contribution in [2.24, 2.45) is 5.92 Å². The zero-order valence-corrected chi connectivity index (χ0v) is 42.3. The van der Waals surface area contributed by atoms with Crippen LogP contribution >= 0.6 is 0 Å². The number of ether oxygens (including phenoxy) is 3. The van der Waals surface area contributed by atoms with Crippen LogP contribution in [0.1, 0.15) is 317 Å². The normalized spacial score (nSPS) is 12.0. The molecule has 0 rings (SSSR count). The molecule has 0 aliphatic heterocycles. The van der Waals surface area contributed by atoms with Gasteiger partial charge in [0.25, 0.3) is 0 Å². The summed E-state index contributed by atoms with van der Waals surface area (Å²) in [6.45, 7) is 9.05. The zero-order chi connectivity index (χ0) is 45.2. The Labute approximate surface area is 387 Å². The third kappa shape index (κ3) is 49.4. The van der Waals surface area contributed by atoms with Crippen LogP contribution in [-0.4, -0.2) is 37.2 Å². The molecule has 0 aromatic rings. The second kappa shape index (κ2) is 50.4. The molecule has 0 fully saturated rings. The molecule has 0 saturated heterocycles. The summed E-state index contributed by atoms with van der Waals surface area (Å²) in [5, 5.41) is 0. The Hall–Kier alpha value is -1.59. The van der Waals surface area contributed by atoms with Gasteiger partial charge in [0.05, 0.1) is 0 Å². The van der Waals surface area contributed by atoms with Crippen LogP contribution in [0.25, 0.3) is 0 Å². The van der Waals surface area contributed by atoms with Crippen LogP contribution in [0.5, 0.6) is 0 Å². The lowest BCUT2D eigenvalue weighted by Gasteiger charge is -2.18. The standard InChI is InChI=1S/C56H108O6/c1-5-7-9-11-13-15-17-18-21-25-28-32-35-39-43-47-54(57)60-50-53(62-56(59)49-45-41-37-31-16-14-12-10-8-6-2)51-61-55(58)48-44-40-36-33-29-26-23-20-19-22-24-27-30-34-38-42-46-52(3)4/h52-53H,5-51H2,1-4H3/t53-/m0/s1. The van der Waals surface area contributed by atoms with Gasteiger partial charge in [-0.15, -0.1) is 0 Å². The highest BCUT2D eigenvalue weighted by molar-refractivity contribution is 5.71. The van der Waals surface area contributed by atoms with Gasteiger partial charge < -0.3 is 14.2 Å². The lowest BCUT2D eigenvalue weighted by Crippen LogP contribution is -2.30. The fourth-order valence-corrected chi connectivity index (χ4v) is 8.57. The third-order valence-corrected chi connectivity index (χ3v) is 12.8. The van der Waals surface area contributed by atoms with E-state index in [0.717, 1.165) is 63.7 Å². The molecular formula is C56H108O6. The van der Waals surface area contributed by atoms with Gasteiger partial charge in [-0.2, -0.15) is 0 Å². The second-order valence-electron chi connectivity index (χ2n) is 19.7. The second-order valence-corrected chi connectivity index (χ2v) is 19.7. The first-order valence-electron chi connectivity index (χ1n) is 27.9. The number of hydrogen-bond donors (Lipinski definition) is 0. The fourth-order valence-electron chi connectivity index (χ4n) is 8.57. The van der Waals surface area contributed by atoms with Gasteiger partial charge in [0.1, 0.15) is 13.2 Å². The Kier molecular flexibility index (Phi) is 49.1. The molecule has 0 saturated carbocycles. The molecule has 0 aromatic heterocycles. The summed E-state index contributed by atoms with van der Waals surface area (Å²) in [7, 11) is 0. The number of hydrogen-bond acceptors (Lipinski definition) is 6. The number of esters is 3. The maximum Gasteiger partial charge on any atom is 0.306 e. The van der Waals surface area contributed by atoms with Crippen molar-refractivity contribution in [1.29, 1.82) is 0 Å². The average Bonchev–Trinajstić information content (AvgIpc) is 3.26. The molecule has 0 heterocycles. The van der Waals surface area contributed by atoms with E-state index in [-0.39, 0.29) is 31.1 Å². The summed E-state index contributed by atoms with van der Waals surface area (Å²) < 4.78 is 16.8. The molecular weight excluding hydrogens is 769 g/mol. The Morgan fingerprint density at radius 2 is 0.532 bits per heavy atom. The highest BCUT2D eigenvalue weighted by atomic mass is 16.6. The quantitative estimate of drug-likeness (QED) is 0.0344.